The molecule has 16 heteroatoms. The van der Waals surface area contributed by atoms with Gasteiger partial charge in [0, 0.05) is 67.7 Å². The molecule has 5 aliphatic rings. The summed E-state index contributed by atoms with van der Waals surface area (Å²) >= 11 is 6.62. The van der Waals surface area contributed by atoms with Crippen LogP contribution in [0.1, 0.15) is 119 Å². The minimum absolute atomic E-state index is 0.0399. The van der Waals surface area contributed by atoms with Crippen LogP contribution in [0.4, 0.5) is 17.1 Å². The lowest BCUT2D eigenvalue weighted by atomic mass is 9.70. The maximum absolute atomic E-state index is 14.2. The number of sulfonamides is 1. The number of H-pyrrole nitrogens is 1. The molecule has 1 amide bonds. The van der Waals surface area contributed by atoms with E-state index in [0.717, 1.165) is 81.8 Å². The first-order valence-corrected chi connectivity index (χ1v) is 25.7. The zero-order valence-electron chi connectivity index (χ0n) is 38.6. The highest BCUT2D eigenvalue weighted by atomic mass is 35.5. The number of carbonyl (C=O) groups excluding carboxylic acids is 1. The molecule has 14 nitrogen and oxygen atoms in total. The fraction of sp³-hybridized carbons (Fsp3) is 0.490. The van der Waals surface area contributed by atoms with Gasteiger partial charge in [0.2, 0.25) is 0 Å². The number of amides is 1. The topological polar surface area (TPSA) is 172 Å². The molecule has 2 aliphatic carbocycles. The van der Waals surface area contributed by atoms with Crippen LogP contribution in [0.15, 0.2) is 77.8 Å². The fourth-order valence-electron chi connectivity index (χ4n) is 11.7. The third-order valence-corrected chi connectivity index (χ3v) is 17.2. The van der Waals surface area contributed by atoms with Gasteiger partial charge < -0.3 is 24.7 Å². The van der Waals surface area contributed by atoms with Crippen LogP contribution < -0.4 is 24.4 Å². The third-order valence-electron chi connectivity index (χ3n) is 15.6. The number of aromatic amines is 1. The van der Waals surface area contributed by atoms with Crippen molar-refractivity contribution in [3.63, 3.8) is 0 Å². The summed E-state index contributed by atoms with van der Waals surface area (Å²) in [6.45, 7) is 13.1. The molecule has 2 saturated heterocycles. The first-order valence-electron chi connectivity index (χ1n) is 23.9. The predicted octanol–water partition coefficient (Wildman–Crippen LogP) is 10.8. The highest BCUT2D eigenvalue weighted by Crippen LogP contribution is 2.50. The lowest BCUT2D eigenvalue weighted by molar-refractivity contribution is -0.384. The van der Waals surface area contributed by atoms with Crippen molar-refractivity contribution in [2.45, 2.75) is 114 Å². The normalized spacial score (nSPS) is 22.8. The van der Waals surface area contributed by atoms with Gasteiger partial charge in [-0.25, -0.2) is 18.1 Å². The summed E-state index contributed by atoms with van der Waals surface area (Å²) in [5.74, 6) is 0.637. The van der Waals surface area contributed by atoms with Gasteiger partial charge in [-0.3, -0.25) is 19.8 Å². The second kappa shape index (κ2) is 17.6. The molecule has 1 spiro atoms. The van der Waals surface area contributed by atoms with Gasteiger partial charge in [-0.15, -0.1) is 0 Å². The standard InChI is InChI=1S/C51H60ClN7O7S/c1-31(2)36-8-5-6-9-37(36)38-10-7-11-41(38)58-29-51(30-58)19-22-57(23-20-51)34-12-13-39(43(25-34)66-45-24-33-16-21-53-48(33)55-47(45)52)49(60)56-67(63,64)35-26-42(59(61)62)46-44(27-35)65-28-40(54-46)32-14-17-50(3,4)18-15-32/h5-6,8-9,12-13,16,21,24-27,31-32,38,40-41,54H,7,10-11,14-15,17-20,22-23,28-30H2,1-4H3,(H,53,55)(H,56,60)/t38-,40-,41-/m1/s1. The van der Waals surface area contributed by atoms with Crippen LogP contribution in [0.3, 0.4) is 0 Å². The second-order valence-corrected chi connectivity index (χ2v) is 22.9. The summed E-state index contributed by atoms with van der Waals surface area (Å²) in [7, 11) is -4.66. The van der Waals surface area contributed by atoms with E-state index < -0.39 is 31.4 Å². The number of halogens is 1. The Kier molecular flexibility index (Phi) is 11.9. The molecule has 3 N–H and O–H groups in total. The Labute approximate surface area is 397 Å². The number of nitro groups is 1. The van der Waals surface area contributed by atoms with E-state index in [1.165, 1.54) is 36.5 Å². The molecule has 3 aliphatic heterocycles. The van der Waals surface area contributed by atoms with E-state index in [1.807, 2.05) is 6.07 Å². The Hall–Kier alpha value is -5.38. The number of benzene rings is 3. The third kappa shape index (κ3) is 8.94. The second-order valence-electron chi connectivity index (χ2n) is 20.8. The molecular formula is C51H60ClN7O7S. The summed E-state index contributed by atoms with van der Waals surface area (Å²) in [5.41, 5.74) is 4.48. The number of fused-ring (bicyclic) bond motifs is 2. The quantitative estimate of drug-likeness (QED) is 0.0654. The van der Waals surface area contributed by atoms with E-state index >= 15 is 0 Å². The number of carbonyl (C=O) groups is 1. The molecule has 3 aromatic carbocycles. The minimum Gasteiger partial charge on any atom is -0.489 e. The van der Waals surface area contributed by atoms with E-state index in [4.69, 9.17) is 21.1 Å². The zero-order chi connectivity index (χ0) is 46.8. The van der Waals surface area contributed by atoms with Crippen LogP contribution in [0.2, 0.25) is 5.15 Å². The molecule has 0 radical (unpaired) electrons. The number of pyridine rings is 1. The number of hydrogen-bond acceptors (Lipinski definition) is 11. The van der Waals surface area contributed by atoms with E-state index in [-0.39, 0.29) is 63.0 Å². The van der Waals surface area contributed by atoms with Gasteiger partial charge in [0.25, 0.3) is 21.6 Å². The number of hydrogen-bond donors (Lipinski definition) is 3. The number of likely N-dealkylation sites (tertiary alicyclic amines) is 1. The predicted molar refractivity (Wildman–Crippen MR) is 260 cm³/mol. The summed E-state index contributed by atoms with van der Waals surface area (Å²) in [5, 5.41) is 16.5. The molecule has 0 unspecified atom stereocenters. The van der Waals surface area contributed by atoms with E-state index in [1.54, 1.807) is 30.5 Å². The van der Waals surface area contributed by atoms with Gasteiger partial charge in [-0.05, 0) is 115 Å². The van der Waals surface area contributed by atoms with Gasteiger partial charge in [0.15, 0.2) is 22.3 Å². The van der Waals surface area contributed by atoms with Crippen molar-refractivity contribution >= 4 is 55.6 Å². The van der Waals surface area contributed by atoms with Crippen LogP contribution in [0, 0.1) is 26.9 Å². The van der Waals surface area contributed by atoms with Crippen molar-refractivity contribution in [1.82, 2.24) is 19.6 Å². The van der Waals surface area contributed by atoms with Crippen LogP contribution >= 0.6 is 11.6 Å². The summed E-state index contributed by atoms with van der Waals surface area (Å²) in [6, 6.07) is 20.2. The number of aromatic nitrogens is 2. The van der Waals surface area contributed by atoms with E-state index in [0.29, 0.717) is 23.5 Å². The van der Waals surface area contributed by atoms with Crippen molar-refractivity contribution < 1.29 is 27.6 Å². The number of nitrogens with zero attached hydrogens (tertiary/aromatic N) is 4. The van der Waals surface area contributed by atoms with Crippen LogP contribution in [0.25, 0.3) is 11.0 Å². The number of piperidine rings is 1. The van der Waals surface area contributed by atoms with Gasteiger partial charge in [-0.2, -0.15) is 0 Å². The highest BCUT2D eigenvalue weighted by molar-refractivity contribution is 7.90. The zero-order valence-corrected chi connectivity index (χ0v) is 40.2. The molecule has 3 atom stereocenters. The lowest BCUT2D eigenvalue weighted by Crippen LogP contribution is -2.63. The highest BCUT2D eigenvalue weighted by Gasteiger charge is 2.49. The lowest BCUT2D eigenvalue weighted by Gasteiger charge is -2.57. The number of anilines is 2. The Bertz CT molecular complexity index is 2820. The maximum atomic E-state index is 14.2. The molecule has 354 valence electrons. The summed E-state index contributed by atoms with van der Waals surface area (Å²) in [4.78, 5) is 38.0. The van der Waals surface area contributed by atoms with Crippen LogP contribution in [-0.4, -0.2) is 79.0 Å². The van der Waals surface area contributed by atoms with Crippen molar-refractivity contribution in [3.05, 3.63) is 105 Å². The van der Waals surface area contributed by atoms with Crippen molar-refractivity contribution in [3.8, 4) is 17.2 Å². The van der Waals surface area contributed by atoms with Crippen molar-refractivity contribution in [2.75, 3.05) is 43.0 Å². The first-order chi connectivity index (χ1) is 32.1. The largest absolute Gasteiger partial charge is 0.489 e. The van der Waals surface area contributed by atoms with Crippen LogP contribution in [0.5, 0.6) is 17.2 Å². The Morgan fingerprint density at radius 3 is 2.49 bits per heavy atom. The smallest absolute Gasteiger partial charge is 0.297 e. The first kappa shape index (κ1) is 45.4. The molecule has 5 aromatic rings. The van der Waals surface area contributed by atoms with Gasteiger partial charge in [-0.1, -0.05) is 70.0 Å². The molecule has 5 heterocycles. The fourth-order valence-corrected chi connectivity index (χ4v) is 12.9. The number of nitro benzene ring substituents is 1. The van der Waals surface area contributed by atoms with Gasteiger partial charge >= 0.3 is 0 Å². The average molecular weight is 951 g/mol. The minimum atomic E-state index is -4.66. The van der Waals surface area contributed by atoms with E-state index in [9.17, 15) is 23.3 Å². The number of ether oxygens (including phenoxy) is 2. The molecule has 0 bridgehead atoms. The number of nitrogens with one attached hydrogen (secondary N) is 3. The summed E-state index contributed by atoms with van der Waals surface area (Å²) in [6.07, 6.45) is 11.5. The Morgan fingerprint density at radius 1 is 0.985 bits per heavy atom. The van der Waals surface area contributed by atoms with Crippen molar-refractivity contribution in [1.29, 1.82) is 0 Å². The van der Waals surface area contributed by atoms with Gasteiger partial charge in [0.1, 0.15) is 18.0 Å². The molecular weight excluding hydrogens is 890 g/mol. The number of rotatable bonds is 11. The van der Waals surface area contributed by atoms with E-state index in [2.05, 4.69) is 81.8 Å². The van der Waals surface area contributed by atoms with Crippen molar-refractivity contribution in [2.24, 2.45) is 16.7 Å². The summed E-state index contributed by atoms with van der Waals surface area (Å²) < 4.78 is 42.6. The Morgan fingerprint density at radius 2 is 1.75 bits per heavy atom. The Balaban J connectivity index is 0.866. The van der Waals surface area contributed by atoms with Gasteiger partial charge in [0.05, 0.1) is 21.4 Å². The molecule has 10 rings (SSSR count). The monoisotopic (exact) mass is 949 g/mol. The van der Waals surface area contributed by atoms with Crippen LogP contribution in [-0.2, 0) is 10.0 Å². The SMILES string of the molecule is CC(C)c1ccccc1[C@H]1CCC[C@H]1N1CC2(CCN(c3ccc(C(=O)NS(=O)(=O)c4cc5c(c([N+](=O)[O-])c4)N[C@@H](C4CCC(C)(C)CC4)CO5)c(Oc4cc5cc[nH]c5nc4Cl)c3)CC2)C1. The molecule has 2 aromatic heterocycles. The average Bonchev–Trinajstić information content (AvgIpc) is 3.97. The maximum Gasteiger partial charge on any atom is 0.297 e. The molecule has 4 fully saturated rings. The molecule has 67 heavy (non-hydrogen) atoms. The molecule has 2 saturated carbocycles.